The highest BCUT2D eigenvalue weighted by molar-refractivity contribution is 5.38. The summed E-state index contributed by atoms with van der Waals surface area (Å²) in [5, 5.41) is 8.60. The first kappa shape index (κ1) is 18.4. The summed E-state index contributed by atoms with van der Waals surface area (Å²) in [5.41, 5.74) is 2.60. The highest BCUT2D eigenvalue weighted by Crippen LogP contribution is 2.39. The number of hydrogen-bond donors (Lipinski definition) is 1. The van der Waals surface area contributed by atoms with Crippen molar-refractivity contribution >= 4 is 5.82 Å². The summed E-state index contributed by atoms with van der Waals surface area (Å²) in [6.45, 7) is 8.56. The first-order valence-corrected chi connectivity index (χ1v) is 10.5. The van der Waals surface area contributed by atoms with Crippen molar-refractivity contribution < 1.29 is 0 Å². The molecule has 4 rings (SSSR count). The fourth-order valence-corrected chi connectivity index (χ4v) is 4.68. The van der Waals surface area contributed by atoms with E-state index in [4.69, 9.17) is 0 Å². The largest absolute Gasteiger partial charge is 0.355 e. The predicted molar refractivity (Wildman–Crippen MR) is 108 cm³/mol. The van der Waals surface area contributed by atoms with Crippen molar-refractivity contribution in [3.8, 4) is 0 Å². The molecule has 6 nitrogen and oxygen atoms in total. The van der Waals surface area contributed by atoms with Crippen LogP contribution in [0.4, 0.5) is 5.82 Å². The maximum atomic E-state index is 4.58. The van der Waals surface area contributed by atoms with Crippen molar-refractivity contribution in [2.45, 2.75) is 70.9 Å². The second kappa shape index (κ2) is 7.97. The van der Waals surface area contributed by atoms with Gasteiger partial charge in [-0.05, 0) is 57.7 Å². The third-order valence-corrected chi connectivity index (χ3v) is 6.35. The molecule has 146 valence electrons. The number of piperidine rings is 1. The lowest BCUT2D eigenvalue weighted by Gasteiger charge is -2.45. The predicted octanol–water partition coefficient (Wildman–Crippen LogP) is 3.49. The van der Waals surface area contributed by atoms with Gasteiger partial charge >= 0.3 is 0 Å². The molecule has 0 aromatic carbocycles. The molecule has 4 heterocycles. The minimum absolute atomic E-state index is 0.351. The molecule has 0 amide bonds. The van der Waals surface area contributed by atoms with Gasteiger partial charge in [0, 0.05) is 43.5 Å². The van der Waals surface area contributed by atoms with Gasteiger partial charge in [0.2, 0.25) is 0 Å². The van der Waals surface area contributed by atoms with Crippen molar-refractivity contribution in [3.63, 3.8) is 0 Å². The molecule has 1 N–H and O–H groups in total. The quantitative estimate of drug-likeness (QED) is 0.846. The van der Waals surface area contributed by atoms with Gasteiger partial charge < -0.3 is 9.88 Å². The Bertz CT molecular complexity index is 729. The maximum absolute atomic E-state index is 4.58. The molecule has 27 heavy (non-hydrogen) atoms. The van der Waals surface area contributed by atoms with E-state index in [1.165, 1.54) is 50.8 Å². The standard InChI is InChI=1S/C21H32N6/c1-3-4-6-19-22-15-18(23-19)16-27-12-5-9-21(27)10-13-26(14-11-21)20-8-7-17(2)24-25-20/h7-8,15H,3-6,9-14,16H2,1-2H3,(H,22,23). The lowest BCUT2D eigenvalue weighted by Crippen LogP contribution is -2.52. The van der Waals surface area contributed by atoms with E-state index in [1.807, 2.05) is 13.1 Å². The van der Waals surface area contributed by atoms with E-state index in [-0.39, 0.29) is 0 Å². The molecule has 0 bridgehead atoms. The molecule has 2 aliphatic rings. The molecular formula is C21H32N6. The van der Waals surface area contributed by atoms with E-state index in [0.717, 1.165) is 43.4 Å². The molecule has 2 aromatic rings. The Morgan fingerprint density at radius 2 is 1.96 bits per heavy atom. The fraction of sp³-hybridized carbons (Fsp3) is 0.667. The Morgan fingerprint density at radius 1 is 1.11 bits per heavy atom. The number of unbranched alkanes of at least 4 members (excludes halogenated alkanes) is 1. The number of rotatable bonds is 6. The van der Waals surface area contributed by atoms with Crippen molar-refractivity contribution in [3.05, 3.63) is 35.5 Å². The summed E-state index contributed by atoms with van der Waals surface area (Å²) >= 11 is 0. The van der Waals surface area contributed by atoms with Crippen LogP contribution in [0.3, 0.4) is 0 Å². The maximum Gasteiger partial charge on any atom is 0.151 e. The summed E-state index contributed by atoms with van der Waals surface area (Å²) in [6.07, 6.45) is 10.6. The van der Waals surface area contributed by atoms with Gasteiger partial charge in [-0.2, -0.15) is 5.10 Å². The number of nitrogens with one attached hydrogen (secondary N) is 1. The van der Waals surface area contributed by atoms with E-state index in [0.29, 0.717) is 5.54 Å². The molecule has 0 aliphatic carbocycles. The third-order valence-electron chi connectivity index (χ3n) is 6.35. The summed E-state index contributed by atoms with van der Waals surface area (Å²) in [4.78, 5) is 13.2. The zero-order valence-electron chi connectivity index (χ0n) is 16.7. The van der Waals surface area contributed by atoms with Crippen molar-refractivity contribution in [2.75, 3.05) is 24.5 Å². The normalized spacial score (nSPS) is 19.9. The zero-order chi connectivity index (χ0) is 18.7. The Labute approximate surface area is 162 Å². The van der Waals surface area contributed by atoms with E-state index < -0.39 is 0 Å². The Hall–Kier alpha value is -1.95. The number of imidazole rings is 1. The van der Waals surface area contributed by atoms with Crippen molar-refractivity contribution in [2.24, 2.45) is 0 Å². The Balaban J connectivity index is 1.38. The molecule has 0 saturated carbocycles. The van der Waals surface area contributed by atoms with Gasteiger partial charge in [-0.25, -0.2) is 4.98 Å². The van der Waals surface area contributed by atoms with Gasteiger partial charge in [0.1, 0.15) is 5.82 Å². The molecular weight excluding hydrogens is 336 g/mol. The Morgan fingerprint density at radius 3 is 2.70 bits per heavy atom. The van der Waals surface area contributed by atoms with Gasteiger partial charge in [0.05, 0.1) is 5.69 Å². The van der Waals surface area contributed by atoms with E-state index in [1.54, 1.807) is 0 Å². The van der Waals surface area contributed by atoms with Gasteiger partial charge in [0.25, 0.3) is 0 Å². The van der Waals surface area contributed by atoms with Crippen LogP contribution in [0.1, 0.15) is 62.7 Å². The summed E-state index contributed by atoms with van der Waals surface area (Å²) in [6, 6.07) is 4.16. The van der Waals surface area contributed by atoms with Gasteiger partial charge in [-0.3, -0.25) is 4.90 Å². The van der Waals surface area contributed by atoms with Crippen LogP contribution < -0.4 is 4.90 Å². The second-order valence-electron chi connectivity index (χ2n) is 8.23. The van der Waals surface area contributed by atoms with Crippen LogP contribution in [-0.2, 0) is 13.0 Å². The van der Waals surface area contributed by atoms with Crippen LogP contribution in [0.15, 0.2) is 18.3 Å². The number of aromatic nitrogens is 4. The minimum atomic E-state index is 0.351. The minimum Gasteiger partial charge on any atom is -0.355 e. The van der Waals surface area contributed by atoms with Crippen LogP contribution in [0.2, 0.25) is 0 Å². The van der Waals surface area contributed by atoms with Crippen LogP contribution in [0.5, 0.6) is 0 Å². The molecule has 2 aromatic heterocycles. The highest BCUT2D eigenvalue weighted by Gasteiger charge is 2.43. The smallest absolute Gasteiger partial charge is 0.151 e. The van der Waals surface area contributed by atoms with Gasteiger partial charge in [0.15, 0.2) is 5.82 Å². The van der Waals surface area contributed by atoms with E-state index in [2.05, 4.69) is 49.0 Å². The van der Waals surface area contributed by atoms with Gasteiger partial charge in [-0.15, -0.1) is 5.10 Å². The molecule has 2 aliphatic heterocycles. The van der Waals surface area contributed by atoms with Crippen LogP contribution >= 0.6 is 0 Å². The number of hydrogen-bond acceptors (Lipinski definition) is 5. The van der Waals surface area contributed by atoms with E-state index >= 15 is 0 Å². The lowest BCUT2D eigenvalue weighted by molar-refractivity contribution is 0.0984. The molecule has 6 heteroatoms. The molecule has 0 radical (unpaired) electrons. The highest BCUT2D eigenvalue weighted by atomic mass is 15.3. The molecule has 0 atom stereocenters. The Kier molecular flexibility index (Phi) is 5.43. The first-order valence-electron chi connectivity index (χ1n) is 10.5. The average molecular weight is 369 g/mol. The molecule has 0 unspecified atom stereocenters. The number of aryl methyl sites for hydroxylation is 2. The lowest BCUT2D eigenvalue weighted by atomic mass is 9.85. The summed E-state index contributed by atoms with van der Waals surface area (Å²) < 4.78 is 0. The van der Waals surface area contributed by atoms with Gasteiger partial charge in [-0.1, -0.05) is 13.3 Å². The van der Waals surface area contributed by atoms with E-state index in [9.17, 15) is 0 Å². The fourth-order valence-electron chi connectivity index (χ4n) is 4.68. The average Bonchev–Trinajstić information content (AvgIpc) is 3.29. The number of anilines is 1. The van der Waals surface area contributed by atoms with Crippen LogP contribution in [-0.4, -0.2) is 50.2 Å². The topological polar surface area (TPSA) is 60.9 Å². The molecule has 2 fully saturated rings. The second-order valence-corrected chi connectivity index (χ2v) is 8.23. The van der Waals surface area contributed by atoms with Crippen LogP contribution in [0.25, 0.3) is 0 Å². The van der Waals surface area contributed by atoms with Crippen molar-refractivity contribution in [1.82, 2.24) is 25.1 Å². The number of H-pyrrole nitrogens is 1. The molecule has 1 spiro atoms. The van der Waals surface area contributed by atoms with Crippen LogP contribution in [0, 0.1) is 6.92 Å². The summed E-state index contributed by atoms with van der Waals surface area (Å²) in [5.74, 6) is 2.17. The number of aromatic amines is 1. The SMILES string of the molecule is CCCCc1ncc(CN2CCCC23CCN(c2ccc(C)nn2)CC3)[nH]1. The first-order chi connectivity index (χ1) is 13.2. The van der Waals surface area contributed by atoms with Crippen molar-refractivity contribution in [1.29, 1.82) is 0 Å². The summed E-state index contributed by atoms with van der Waals surface area (Å²) in [7, 11) is 0. The number of likely N-dealkylation sites (tertiary alicyclic amines) is 1. The monoisotopic (exact) mass is 368 g/mol. The molecule has 2 saturated heterocycles. The zero-order valence-corrected chi connectivity index (χ0v) is 16.7. The number of nitrogens with zero attached hydrogens (tertiary/aromatic N) is 5. The third kappa shape index (κ3) is 4.00.